The summed E-state index contributed by atoms with van der Waals surface area (Å²) in [4.78, 5) is 22.3. The minimum absolute atomic E-state index is 0.219. The first kappa shape index (κ1) is 20.6. The molecular weight excluding hydrogens is 358 g/mol. The summed E-state index contributed by atoms with van der Waals surface area (Å²) in [6.45, 7) is 0.583. The van der Waals surface area contributed by atoms with Gasteiger partial charge in [0.1, 0.15) is 12.4 Å². The van der Waals surface area contributed by atoms with E-state index in [0.29, 0.717) is 24.3 Å². The number of benzene rings is 2. The van der Waals surface area contributed by atoms with Crippen LogP contribution in [0, 0.1) is 11.8 Å². The lowest BCUT2D eigenvalue weighted by atomic mass is 10.1. The number of rotatable bonds is 7. The van der Waals surface area contributed by atoms with E-state index in [1.165, 1.54) is 13.2 Å². The van der Waals surface area contributed by atoms with Gasteiger partial charge in [0, 0.05) is 30.2 Å². The number of alkyl carbamates (subject to hydrolysis) is 1. The fourth-order valence-corrected chi connectivity index (χ4v) is 2.27. The predicted molar refractivity (Wildman–Crippen MR) is 106 cm³/mol. The summed E-state index contributed by atoms with van der Waals surface area (Å²) < 4.78 is 10.3. The molecule has 28 heavy (non-hydrogen) atoms. The van der Waals surface area contributed by atoms with Gasteiger partial charge >= 0.3 is 12.1 Å². The van der Waals surface area contributed by atoms with Crippen molar-refractivity contribution in [3.8, 4) is 17.6 Å². The van der Waals surface area contributed by atoms with Crippen molar-refractivity contribution in [3.63, 3.8) is 0 Å². The Morgan fingerprint density at radius 3 is 2.68 bits per heavy atom. The number of carbonyl (C=O) groups is 2. The highest BCUT2D eigenvalue weighted by Crippen LogP contribution is 2.21. The quantitative estimate of drug-likeness (QED) is 0.437. The second-order valence-electron chi connectivity index (χ2n) is 5.67. The lowest BCUT2D eigenvalue weighted by molar-refractivity contribution is -0.131. The van der Waals surface area contributed by atoms with E-state index in [4.69, 9.17) is 14.6 Å². The maximum atomic E-state index is 11.6. The molecular formula is C22H21NO5. The van der Waals surface area contributed by atoms with Crippen molar-refractivity contribution < 1.29 is 24.2 Å². The Bertz CT molecular complexity index is 894. The first-order valence-corrected chi connectivity index (χ1v) is 8.61. The molecule has 0 aliphatic rings. The predicted octanol–water partition coefficient (Wildman–Crippen LogP) is 3.46. The van der Waals surface area contributed by atoms with E-state index < -0.39 is 12.1 Å². The van der Waals surface area contributed by atoms with Gasteiger partial charge in [-0.05, 0) is 29.8 Å². The van der Waals surface area contributed by atoms with Crippen molar-refractivity contribution in [2.24, 2.45) is 0 Å². The molecule has 1 amide bonds. The van der Waals surface area contributed by atoms with Gasteiger partial charge in [0.2, 0.25) is 0 Å². The molecule has 0 atom stereocenters. The molecule has 0 heterocycles. The zero-order valence-corrected chi connectivity index (χ0v) is 15.5. The van der Waals surface area contributed by atoms with Crippen LogP contribution in [0.3, 0.4) is 0 Å². The molecule has 0 saturated carbocycles. The normalized spacial score (nSPS) is 10.0. The zero-order chi connectivity index (χ0) is 20.2. The summed E-state index contributed by atoms with van der Waals surface area (Å²) in [5.74, 6) is 5.46. The smallest absolute Gasteiger partial charge is 0.407 e. The van der Waals surface area contributed by atoms with Crippen molar-refractivity contribution >= 4 is 18.1 Å². The molecule has 6 heteroatoms. The fourth-order valence-electron chi connectivity index (χ4n) is 2.27. The van der Waals surface area contributed by atoms with Crippen LogP contribution in [0.1, 0.15) is 23.1 Å². The molecule has 0 spiro atoms. The number of amides is 1. The molecule has 2 aromatic rings. The molecule has 6 nitrogen and oxygen atoms in total. The summed E-state index contributed by atoms with van der Waals surface area (Å²) in [5, 5.41) is 11.4. The molecule has 0 aliphatic carbocycles. The first-order valence-electron chi connectivity index (χ1n) is 8.61. The number of nitrogens with one attached hydrogen (secondary N) is 1. The van der Waals surface area contributed by atoms with Crippen LogP contribution in [0.5, 0.6) is 5.75 Å². The van der Waals surface area contributed by atoms with Crippen LogP contribution < -0.4 is 10.1 Å². The Kier molecular flexibility index (Phi) is 8.16. The van der Waals surface area contributed by atoms with Crippen molar-refractivity contribution in [3.05, 3.63) is 71.3 Å². The van der Waals surface area contributed by atoms with E-state index in [9.17, 15) is 9.59 Å². The number of carboxylic acids is 1. The maximum Gasteiger partial charge on any atom is 0.407 e. The van der Waals surface area contributed by atoms with Crippen molar-refractivity contribution in [2.45, 2.75) is 13.0 Å². The number of carboxylic acid groups (broad SMARTS) is 1. The molecule has 0 unspecified atom stereocenters. The maximum absolute atomic E-state index is 11.6. The number of carbonyl (C=O) groups excluding carboxylic acids is 1. The van der Waals surface area contributed by atoms with Gasteiger partial charge in [0.25, 0.3) is 0 Å². The third-order valence-corrected chi connectivity index (χ3v) is 3.60. The van der Waals surface area contributed by atoms with Gasteiger partial charge in [-0.1, -0.05) is 42.2 Å². The molecule has 2 aromatic carbocycles. The third-order valence-electron chi connectivity index (χ3n) is 3.60. The SMILES string of the molecule is COc1ccc(C#CCCNC(=O)OCc2ccccc2)cc1/C=C/C(=O)O. The second kappa shape index (κ2) is 11.1. The van der Waals surface area contributed by atoms with Crippen LogP contribution in [0.4, 0.5) is 4.79 Å². The Labute approximate surface area is 163 Å². The zero-order valence-electron chi connectivity index (χ0n) is 15.5. The molecule has 2 N–H and O–H groups in total. The lowest BCUT2D eigenvalue weighted by Crippen LogP contribution is -2.24. The summed E-state index contributed by atoms with van der Waals surface area (Å²) in [7, 11) is 1.52. The Hall–Kier alpha value is -3.72. The molecule has 0 radical (unpaired) electrons. The van der Waals surface area contributed by atoms with E-state index in [-0.39, 0.29) is 6.61 Å². The van der Waals surface area contributed by atoms with Crippen molar-refractivity contribution in [1.29, 1.82) is 0 Å². The van der Waals surface area contributed by atoms with Gasteiger partial charge in [-0.15, -0.1) is 0 Å². The van der Waals surface area contributed by atoms with Crippen LogP contribution in [0.15, 0.2) is 54.6 Å². The van der Waals surface area contributed by atoms with Crippen molar-refractivity contribution in [1.82, 2.24) is 5.32 Å². The molecule has 0 aromatic heterocycles. The topological polar surface area (TPSA) is 84.9 Å². The summed E-state index contributed by atoms with van der Waals surface area (Å²) >= 11 is 0. The number of methoxy groups -OCH3 is 1. The van der Waals surface area contributed by atoms with Crippen LogP contribution in [0.2, 0.25) is 0 Å². The highest BCUT2D eigenvalue weighted by molar-refractivity contribution is 5.86. The molecule has 0 bridgehead atoms. The van der Waals surface area contributed by atoms with Gasteiger partial charge in [-0.25, -0.2) is 9.59 Å². The Balaban J connectivity index is 1.81. The molecule has 0 fully saturated rings. The van der Waals surface area contributed by atoms with E-state index in [1.807, 2.05) is 30.3 Å². The van der Waals surface area contributed by atoms with Gasteiger partial charge in [-0.2, -0.15) is 0 Å². The average Bonchev–Trinajstić information content (AvgIpc) is 2.71. The minimum Gasteiger partial charge on any atom is -0.496 e. The monoisotopic (exact) mass is 379 g/mol. The van der Waals surface area contributed by atoms with Gasteiger partial charge < -0.3 is 19.9 Å². The van der Waals surface area contributed by atoms with Crippen LogP contribution in [-0.4, -0.2) is 30.8 Å². The van der Waals surface area contributed by atoms with E-state index in [0.717, 1.165) is 17.2 Å². The number of hydrogen-bond acceptors (Lipinski definition) is 4. The minimum atomic E-state index is -1.04. The highest BCUT2D eigenvalue weighted by Gasteiger charge is 2.02. The number of hydrogen-bond donors (Lipinski definition) is 2. The van der Waals surface area contributed by atoms with E-state index >= 15 is 0 Å². The Morgan fingerprint density at radius 1 is 1.18 bits per heavy atom. The number of aliphatic carboxylic acids is 1. The van der Waals surface area contributed by atoms with E-state index in [1.54, 1.807) is 18.2 Å². The molecule has 0 saturated heterocycles. The van der Waals surface area contributed by atoms with Gasteiger partial charge in [0.05, 0.1) is 7.11 Å². The van der Waals surface area contributed by atoms with Gasteiger partial charge in [0.15, 0.2) is 0 Å². The van der Waals surface area contributed by atoms with Crippen molar-refractivity contribution in [2.75, 3.05) is 13.7 Å². The summed E-state index contributed by atoms with van der Waals surface area (Å²) in [5.41, 5.74) is 2.27. The average molecular weight is 379 g/mol. The molecule has 0 aliphatic heterocycles. The van der Waals surface area contributed by atoms with Gasteiger partial charge in [-0.3, -0.25) is 0 Å². The van der Waals surface area contributed by atoms with E-state index in [2.05, 4.69) is 17.2 Å². The third kappa shape index (κ3) is 7.26. The highest BCUT2D eigenvalue weighted by atomic mass is 16.5. The first-order chi connectivity index (χ1) is 13.6. The standard InChI is InChI=1S/C22H21NO5/c1-27-20-12-10-17(15-19(20)11-13-21(24)25)7-5-6-14-23-22(26)28-16-18-8-3-2-4-9-18/h2-4,8-13,15H,6,14,16H2,1H3,(H,23,26)(H,24,25)/b13-11+. The van der Waals surface area contributed by atoms with Crippen LogP contribution >= 0.6 is 0 Å². The van der Waals surface area contributed by atoms with Crippen LogP contribution in [-0.2, 0) is 16.1 Å². The second-order valence-corrected chi connectivity index (χ2v) is 5.67. The fraction of sp³-hybridized carbons (Fsp3) is 0.182. The lowest BCUT2D eigenvalue weighted by Gasteiger charge is -2.05. The number of ether oxygens (including phenoxy) is 2. The van der Waals surface area contributed by atoms with Crippen LogP contribution in [0.25, 0.3) is 6.08 Å². The Morgan fingerprint density at radius 2 is 1.96 bits per heavy atom. The summed E-state index contributed by atoms with van der Waals surface area (Å²) in [6.07, 6.45) is 2.46. The largest absolute Gasteiger partial charge is 0.496 e. The molecule has 144 valence electrons. The molecule has 2 rings (SSSR count). The summed E-state index contributed by atoms with van der Waals surface area (Å²) in [6, 6.07) is 14.7.